The number of unbranched alkanes of at least 4 members (excludes halogenated alkanes) is 3. The summed E-state index contributed by atoms with van der Waals surface area (Å²) in [4.78, 5) is 34.5. The predicted molar refractivity (Wildman–Crippen MR) is 121 cm³/mol. The number of hydrogen-bond acceptors (Lipinski definition) is 4. The molecular formula is C24H27F3N4O2. The lowest BCUT2D eigenvalue weighted by Gasteiger charge is -2.29. The summed E-state index contributed by atoms with van der Waals surface area (Å²) in [5, 5.41) is 0.422. The highest BCUT2D eigenvalue weighted by molar-refractivity contribution is 5.94. The second-order valence-electron chi connectivity index (χ2n) is 7.92. The normalized spacial score (nSPS) is 12.6. The summed E-state index contributed by atoms with van der Waals surface area (Å²) in [6.45, 7) is 2.58. The molecule has 6 nitrogen and oxygen atoms in total. The predicted octanol–water partition coefficient (Wildman–Crippen LogP) is 4.66. The van der Waals surface area contributed by atoms with Crippen LogP contribution in [0.25, 0.3) is 10.9 Å². The Morgan fingerprint density at radius 2 is 1.82 bits per heavy atom. The fraction of sp³-hybridized carbons (Fsp3) is 0.375. The standard InChI is InChI=1S/C24H27F3N4O2/c1-16(21-29-20-12-5-4-11-19(20)22(32)30-21)31(14-7-3-2-6-13-28)23(33)17-9-8-10-18(15-17)24(25,26)27/h4-5,8-12,15-16H,2-3,6-7,13-14,28H2,1H3,(H,29,30,32). The van der Waals surface area contributed by atoms with Crippen LogP contribution in [0.2, 0.25) is 0 Å². The Morgan fingerprint density at radius 3 is 2.55 bits per heavy atom. The van der Waals surface area contributed by atoms with E-state index in [-0.39, 0.29) is 16.9 Å². The van der Waals surface area contributed by atoms with Crippen molar-refractivity contribution in [2.45, 2.75) is 44.8 Å². The number of hydrogen-bond donors (Lipinski definition) is 2. The summed E-state index contributed by atoms with van der Waals surface area (Å²) in [6.07, 6.45) is -1.34. The van der Waals surface area contributed by atoms with Crippen molar-refractivity contribution in [1.82, 2.24) is 14.9 Å². The average molecular weight is 461 g/mol. The average Bonchev–Trinajstić information content (AvgIpc) is 2.80. The summed E-state index contributed by atoms with van der Waals surface area (Å²) >= 11 is 0. The molecule has 1 unspecified atom stereocenters. The van der Waals surface area contributed by atoms with E-state index in [2.05, 4.69) is 9.97 Å². The molecule has 33 heavy (non-hydrogen) atoms. The number of nitrogens with two attached hydrogens (primary N) is 1. The van der Waals surface area contributed by atoms with Crippen LogP contribution in [-0.4, -0.2) is 33.9 Å². The molecule has 9 heteroatoms. The number of alkyl halides is 3. The van der Waals surface area contributed by atoms with E-state index in [9.17, 15) is 22.8 Å². The summed E-state index contributed by atoms with van der Waals surface area (Å²) in [6, 6.07) is 10.6. The maximum absolute atomic E-state index is 13.3. The van der Waals surface area contributed by atoms with Gasteiger partial charge in [0, 0.05) is 12.1 Å². The van der Waals surface area contributed by atoms with E-state index in [4.69, 9.17) is 5.73 Å². The molecule has 0 aliphatic carbocycles. The van der Waals surface area contributed by atoms with E-state index in [0.29, 0.717) is 30.4 Å². The van der Waals surface area contributed by atoms with Gasteiger partial charge < -0.3 is 15.6 Å². The van der Waals surface area contributed by atoms with E-state index in [1.807, 2.05) is 0 Å². The molecule has 1 heterocycles. The van der Waals surface area contributed by atoms with Gasteiger partial charge in [0.1, 0.15) is 5.82 Å². The van der Waals surface area contributed by atoms with Crippen molar-refractivity contribution in [2.24, 2.45) is 5.73 Å². The van der Waals surface area contributed by atoms with E-state index in [1.54, 1.807) is 31.2 Å². The van der Waals surface area contributed by atoms with Crippen molar-refractivity contribution in [3.05, 3.63) is 75.8 Å². The molecule has 3 rings (SSSR count). The van der Waals surface area contributed by atoms with Gasteiger partial charge in [0.05, 0.1) is 22.5 Å². The van der Waals surface area contributed by atoms with Crippen molar-refractivity contribution in [2.75, 3.05) is 13.1 Å². The topological polar surface area (TPSA) is 92.1 Å². The summed E-state index contributed by atoms with van der Waals surface area (Å²) in [5.74, 6) is -0.274. The lowest BCUT2D eigenvalue weighted by atomic mass is 10.1. The highest BCUT2D eigenvalue weighted by Crippen LogP contribution is 2.30. The molecule has 0 aliphatic rings. The molecule has 2 aromatic carbocycles. The molecule has 1 aromatic heterocycles. The molecule has 1 atom stereocenters. The number of rotatable bonds is 9. The van der Waals surface area contributed by atoms with Crippen molar-refractivity contribution >= 4 is 16.8 Å². The molecule has 3 N–H and O–H groups in total. The van der Waals surface area contributed by atoms with Crippen molar-refractivity contribution in [3.63, 3.8) is 0 Å². The van der Waals surface area contributed by atoms with Crippen LogP contribution in [0.4, 0.5) is 13.2 Å². The molecule has 0 spiro atoms. The number of benzene rings is 2. The van der Waals surface area contributed by atoms with Crippen LogP contribution in [0.5, 0.6) is 0 Å². The zero-order chi connectivity index (χ0) is 24.0. The Kier molecular flexibility index (Phi) is 7.86. The van der Waals surface area contributed by atoms with E-state index >= 15 is 0 Å². The Morgan fingerprint density at radius 1 is 1.09 bits per heavy atom. The highest BCUT2D eigenvalue weighted by atomic mass is 19.4. The lowest BCUT2D eigenvalue weighted by molar-refractivity contribution is -0.137. The largest absolute Gasteiger partial charge is 0.416 e. The summed E-state index contributed by atoms with van der Waals surface area (Å²) in [7, 11) is 0. The Bertz CT molecular complexity index is 1160. The molecule has 0 bridgehead atoms. The number of nitrogens with one attached hydrogen (secondary N) is 1. The zero-order valence-corrected chi connectivity index (χ0v) is 18.4. The van der Waals surface area contributed by atoms with Gasteiger partial charge in [0.25, 0.3) is 11.5 Å². The van der Waals surface area contributed by atoms with Gasteiger partial charge in [-0.3, -0.25) is 9.59 Å². The molecule has 0 saturated carbocycles. The third kappa shape index (κ3) is 5.98. The first-order valence-corrected chi connectivity index (χ1v) is 10.9. The van der Waals surface area contributed by atoms with Crippen LogP contribution in [0, 0.1) is 0 Å². The number of H-pyrrole nitrogens is 1. The smallest absolute Gasteiger partial charge is 0.330 e. The summed E-state index contributed by atoms with van der Waals surface area (Å²) < 4.78 is 39.6. The van der Waals surface area contributed by atoms with E-state index < -0.39 is 23.7 Å². The van der Waals surface area contributed by atoms with Gasteiger partial charge in [-0.1, -0.05) is 31.0 Å². The quantitative estimate of drug-likeness (QED) is 0.454. The SMILES string of the molecule is CC(c1nc2ccccc2c(=O)[nH]1)N(CCCCCCN)C(=O)c1cccc(C(F)(F)F)c1. The van der Waals surface area contributed by atoms with Gasteiger partial charge in [0.2, 0.25) is 0 Å². The molecule has 1 amide bonds. The number of aromatic nitrogens is 2. The minimum absolute atomic E-state index is 0.0678. The van der Waals surface area contributed by atoms with Gasteiger partial charge in [-0.15, -0.1) is 0 Å². The minimum Gasteiger partial charge on any atom is -0.330 e. The number of amides is 1. The van der Waals surface area contributed by atoms with Crippen LogP contribution < -0.4 is 11.3 Å². The van der Waals surface area contributed by atoms with Gasteiger partial charge in [-0.05, 0) is 56.6 Å². The lowest BCUT2D eigenvalue weighted by Crippen LogP contribution is -2.36. The number of para-hydroxylation sites is 1. The maximum atomic E-state index is 13.3. The third-order valence-corrected chi connectivity index (χ3v) is 5.55. The number of nitrogens with zero attached hydrogens (tertiary/aromatic N) is 2. The fourth-order valence-corrected chi connectivity index (χ4v) is 3.70. The first-order chi connectivity index (χ1) is 15.7. The number of carbonyl (C=O) groups excluding carboxylic acids is 1. The Labute approximate surface area is 189 Å². The number of halogens is 3. The molecule has 0 radical (unpaired) electrons. The highest BCUT2D eigenvalue weighted by Gasteiger charge is 2.32. The molecule has 3 aromatic rings. The number of fused-ring (bicyclic) bond motifs is 1. The van der Waals surface area contributed by atoms with Gasteiger partial charge >= 0.3 is 6.18 Å². The minimum atomic E-state index is -4.56. The van der Waals surface area contributed by atoms with Crippen LogP contribution >= 0.6 is 0 Å². The molecule has 0 saturated heterocycles. The van der Waals surface area contributed by atoms with Crippen molar-refractivity contribution in [3.8, 4) is 0 Å². The van der Waals surface area contributed by atoms with Crippen LogP contribution in [0.1, 0.15) is 60.4 Å². The molecular weight excluding hydrogens is 433 g/mol. The van der Waals surface area contributed by atoms with E-state index in [1.165, 1.54) is 17.0 Å². The van der Waals surface area contributed by atoms with Crippen molar-refractivity contribution < 1.29 is 18.0 Å². The Balaban J connectivity index is 1.94. The molecule has 176 valence electrons. The second kappa shape index (κ2) is 10.6. The van der Waals surface area contributed by atoms with Crippen molar-refractivity contribution in [1.29, 1.82) is 0 Å². The van der Waals surface area contributed by atoms with Crippen LogP contribution in [0.3, 0.4) is 0 Å². The molecule has 0 fully saturated rings. The van der Waals surface area contributed by atoms with E-state index in [0.717, 1.165) is 31.4 Å². The third-order valence-electron chi connectivity index (χ3n) is 5.55. The first kappa shape index (κ1) is 24.4. The monoisotopic (exact) mass is 460 g/mol. The van der Waals surface area contributed by atoms with Gasteiger partial charge in [-0.25, -0.2) is 4.98 Å². The number of carbonyl (C=O) groups is 1. The van der Waals surface area contributed by atoms with Crippen LogP contribution in [0.15, 0.2) is 53.3 Å². The summed E-state index contributed by atoms with van der Waals surface area (Å²) in [5.41, 5.74) is 4.72. The zero-order valence-electron chi connectivity index (χ0n) is 18.4. The van der Waals surface area contributed by atoms with Crippen LogP contribution in [-0.2, 0) is 6.18 Å². The first-order valence-electron chi connectivity index (χ1n) is 10.9. The molecule has 0 aliphatic heterocycles. The Hall–Kier alpha value is -3.20. The van der Waals surface area contributed by atoms with Gasteiger partial charge in [0.15, 0.2) is 0 Å². The van der Waals surface area contributed by atoms with Gasteiger partial charge in [-0.2, -0.15) is 13.2 Å². The maximum Gasteiger partial charge on any atom is 0.416 e. The number of aromatic amines is 1. The fourth-order valence-electron chi connectivity index (χ4n) is 3.70. The second-order valence-corrected chi connectivity index (χ2v) is 7.92.